The minimum absolute atomic E-state index is 0.0939. The highest BCUT2D eigenvalue weighted by Gasteiger charge is 2.33. The average Bonchev–Trinajstić information content (AvgIpc) is 3.04. The van der Waals surface area contributed by atoms with Gasteiger partial charge in [-0.1, -0.05) is 5.92 Å². The van der Waals surface area contributed by atoms with Gasteiger partial charge in [-0.3, -0.25) is 0 Å². The molecular weight excluding hydrogens is 349 g/mol. The Morgan fingerprint density at radius 3 is 2.88 bits per heavy atom. The molecule has 0 amide bonds. The molecule has 3 rings (SSSR count). The van der Waals surface area contributed by atoms with Crippen molar-refractivity contribution in [3.63, 3.8) is 0 Å². The molecule has 3 aromatic heterocycles. The first-order chi connectivity index (χ1) is 11.9. The Morgan fingerprint density at radius 2 is 2.08 bits per heavy atom. The molecule has 1 N–H and O–H groups in total. The van der Waals surface area contributed by atoms with Gasteiger partial charge in [0.1, 0.15) is 22.7 Å². The molecule has 0 aliphatic heterocycles. The van der Waals surface area contributed by atoms with Crippen molar-refractivity contribution in [3.8, 4) is 11.8 Å². The molecular formula is C17H13F3N4S. The predicted molar refractivity (Wildman–Crippen MR) is 91.2 cm³/mol. The van der Waals surface area contributed by atoms with E-state index in [9.17, 15) is 13.2 Å². The van der Waals surface area contributed by atoms with Crippen molar-refractivity contribution in [2.24, 2.45) is 0 Å². The van der Waals surface area contributed by atoms with Gasteiger partial charge in [0.05, 0.1) is 10.9 Å². The van der Waals surface area contributed by atoms with E-state index in [2.05, 4.69) is 32.1 Å². The average molecular weight is 362 g/mol. The van der Waals surface area contributed by atoms with Crippen LogP contribution in [0.5, 0.6) is 0 Å². The summed E-state index contributed by atoms with van der Waals surface area (Å²) in [5.41, 5.74) is -1.08. The van der Waals surface area contributed by atoms with E-state index in [0.717, 1.165) is 16.3 Å². The molecule has 0 aliphatic rings. The molecule has 0 aliphatic carbocycles. The van der Waals surface area contributed by atoms with Gasteiger partial charge in [0.2, 0.25) is 0 Å². The Balaban J connectivity index is 1.71. The Hall–Kier alpha value is -2.66. The van der Waals surface area contributed by atoms with Gasteiger partial charge in [-0.15, -0.1) is 11.3 Å². The summed E-state index contributed by atoms with van der Waals surface area (Å²) in [6.45, 7) is 1.89. The molecule has 3 aromatic rings. The van der Waals surface area contributed by atoms with Crippen molar-refractivity contribution in [1.29, 1.82) is 0 Å². The summed E-state index contributed by atoms with van der Waals surface area (Å²) in [6, 6.07) is 4.06. The van der Waals surface area contributed by atoms with Gasteiger partial charge in [0.15, 0.2) is 0 Å². The summed E-state index contributed by atoms with van der Waals surface area (Å²) >= 11 is 1.51. The van der Waals surface area contributed by atoms with Gasteiger partial charge in [-0.05, 0) is 36.4 Å². The van der Waals surface area contributed by atoms with Crippen LogP contribution in [0.2, 0.25) is 0 Å². The van der Waals surface area contributed by atoms with Crippen molar-refractivity contribution in [1.82, 2.24) is 15.0 Å². The lowest BCUT2D eigenvalue weighted by Crippen LogP contribution is -2.15. The van der Waals surface area contributed by atoms with Crippen LogP contribution in [0.25, 0.3) is 10.2 Å². The molecule has 0 spiro atoms. The summed E-state index contributed by atoms with van der Waals surface area (Å²) in [5, 5.41) is 6.05. The maximum atomic E-state index is 12.9. The molecule has 1 atom stereocenters. The standard InChI is InChI=1S/C17H13F3N4S/c1-11(24-15-12-7-9-25-16(12)23-10-22-15)4-2-6-14-13(17(18,19)20)5-3-8-21-14/h3,5,7-11H,4H2,1H3,(H,22,23,24). The lowest BCUT2D eigenvalue weighted by atomic mass is 10.1. The third-order valence-electron chi connectivity index (χ3n) is 3.37. The van der Waals surface area contributed by atoms with Gasteiger partial charge in [0, 0.05) is 18.7 Å². The number of fused-ring (bicyclic) bond motifs is 1. The van der Waals surface area contributed by atoms with Crippen LogP contribution in [0.4, 0.5) is 19.0 Å². The molecule has 0 saturated carbocycles. The molecule has 0 saturated heterocycles. The van der Waals surface area contributed by atoms with Gasteiger partial charge in [-0.25, -0.2) is 15.0 Å². The summed E-state index contributed by atoms with van der Waals surface area (Å²) in [6.07, 6.45) is -1.34. The van der Waals surface area contributed by atoms with E-state index in [1.54, 1.807) is 0 Å². The first-order valence-electron chi connectivity index (χ1n) is 7.41. The number of hydrogen-bond acceptors (Lipinski definition) is 5. The molecule has 128 valence electrons. The number of nitrogens with one attached hydrogen (secondary N) is 1. The Kier molecular flexibility index (Phi) is 4.86. The van der Waals surface area contributed by atoms with E-state index in [0.29, 0.717) is 12.2 Å². The second kappa shape index (κ2) is 7.07. The number of pyridine rings is 1. The van der Waals surface area contributed by atoms with E-state index in [4.69, 9.17) is 0 Å². The summed E-state index contributed by atoms with van der Waals surface area (Å²) < 4.78 is 38.7. The molecule has 0 fully saturated rings. The molecule has 25 heavy (non-hydrogen) atoms. The van der Waals surface area contributed by atoms with Crippen molar-refractivity contribution in [2.75, 3.05) is 5.32 Å². The topological polar surface area (TPSA) is 50.7 Å². The molecule has 0 aromatic carbocycles. The third kappa shape index (κ3) is 4.06. The van der Waals surface area contributed by atoms with Gasteiger partial charge in [0.25, 0.3) is 0 Å². The fourth-order valence-corrected chi connectivity index (χ4v) is 2.94. The third-order valence-corrected chi connectivity index (χ3v) is 4.19. The van der Waals surface area contributed by atoms with Gasteiger partial charge < -0.3 is 5.32 Å². The molecule has 8 heteroatoms. The number of halogens is 3. The van der Waals surface area contributed by atoms with Crippen LogP contribution in [0.3, 0.4) is 0 Å². The van der Waals surface area contributed by atoms with Crippen molar-refractivity contribution < 1.29 is 13.2 Å². The molecule has 4 nitrogen and oxygen atoms in total. The molecule has 1 unspecified atom stereocenters. The van der Waals surface area contributed by atoms with E-state index in [1.165, 1.54) is 29.9 Å². The maximum Gasteiger partial charge on any atom is 0.419 e. The normalized spacial score (nSPS) is 12.5. The monoisotopic (exact) mass is 362 g/mol. The highest BCUT2D eigenvalue weighted by molar-refractivity contribution is 7.16. The van der Waals surface area contributed by atoms with E-state index < -0.39 is 11.7 Å². The maximum absolute atomic E-state index is 12.9. The number of anilines is 1. The minimum Gasteiger partial charge on any atom is -0.366 e. The van der Waals surface area contributed by atoms with Crippen LogP contribution in [-0.4, -0.2) is 21.0 Å². The van der Waals surface area contributed by atoms with E-state index >= 15 is 0 Å². The predicted octanol–water partition coefficient (Wildman–Crippen LogP) is 4.35. The second-order valence-corrected chi connectivity index (χ2v) is 6.20. The van der Waals surface area contributed by atoms with Crippen LogP contribution in [0.1, 0.15) is 24.6 Å². The van der Waals surface area contributed by atoms with Crippen molar-refractivity contribution in [2.45, 2.75) is 25.6 Å². The Morgan fingerprint density at radius 1 is 1.24 bits per heavy atom. The largest absolute Gasteiger partial charge is 0.419 e. The van der Waals surface area contributed by atoms with Crippen LogP contribution >= 0.6 is 11.3 Å². The number of nitrogens with zero attached hydrogens (tertiary/aromatic N) is 3. The first-order valence-corrected chi connectivity index (χ1v) is 8.29. The SMILES string of the molecule is CC(CC#Cc1ncccc1C(F)(F)F)Nc1ncnc2sccc12. The molecule has 0 radical (unpaired) electrons. The van der Waals surface area contributed by atoms with E-state index in [-0.39, 0.29) is 11.7 Å². The number of hydrogen-bond donors (Lipinski definition) is 1. The lowest BCUT2D eigenvalue weighted by Gasteiger charge is -2.12. The van der Waals surface area contributed by atoms with Crippen molar-refractivity contribution in [3.05, 3.63) is 47.4 Å². The number of rotatable bonds is 3. The van der Waals surface area contributed by atoms with Crippen LogP contribution in [-0.2, 0) is 6.18 Å². The van der Waals surface area contributed by atoms with Gasteiger partial charge in [-0.2, -0.15) is 13.2 Å². The summed E-state index contributed by atoms with van der Waals surface area (Å²) in [7, 11) is 0. The lowest BCUT2D eigenvalue weighted by molar-refractivity contribution is -0.138. The Labute approximate surface area is 146 Å². The van der Waals surface area contributed by atoms with Gasteiger partial charge >= 0.3 is 6.18 Å². The fourth-order valence-electron chi connectivity index (χ4n) is 2.21. The quantitative estimate of drug-likeness (QED) is 0.704. The zero-order valence-corrected chi connectivity index (χ0v) is 13.9. The molecule has 3 heterocycles. The summed E-state index contributed by atoms with van der Waals surface area (Å²) in [4.78, 5) is 13.0. The fraction of sp³-hybridized carbons (Fsp3) is 0.235. The highest BCUT2D eigenvalue weighted by atomic mass is 32.1. The highest BCUT2D eigenvalue weighted by Crippen LogP contribution is 2.30. The number of alkyl halides is 3. The van der Waals surface area contributed by atoms with Crippen LogP contribution in [0, 0.1) is 11.8 Å². The van der Waals surface area contributed by atoms with E-state index in [1.807, 2.05) is 18.4 Å². The Bertz CT molecular complexity index is 940. The summed E-state index contributed by atoms with van der Waals surface area (Å²) in [5.74, 6) is 5.97. The minimum atomic E-state index is -4.46. The number of thiophene rings is 1. The second-order valence-electron chi connectivity index (χ2n) is 5.31. The van der Waals surface area contributed by atoms with Crippen LogP contribution in [0.15, 0.2) is 36.1 Å². The van der Waals surface area contributed by atoms with Crippen molar-refractivity contribution >= 4 is 27.4 Å². The first kappa shape index (κ1) is 17.2. The molecule has 0 bridgehead atoms. The smallest absolute Gasteiger partial charge is 0.366 e. The zero-order chi connectivity index (χ0) is 17.9. The van der Waals surface area contributed by atoms with Crippen LogP contribution < -0.4 is 5.32 Å². The zero-order valence-electron chi connectivity index (χ0n) is 13.1. The number of aromatic nitrogens is 3.